The number of hydrogen-bond acceptors (Lipinski definition) is 6. The Kier molecular flexibility index (Phi) is 4.75. The molecule has 6 nitrogen and oxygen atoms in total. The SMILES string of the molecule is CCOc1cc(-c2ccc3cc4ccccc4cc3c2)nc(-c2c(O)cc(O)cc2O)n1. The van der Waals surface area contributed by atoms with Gasteiger partial charge in [-0.15, -0.1) is 0 Å². The van der Waals surface area contributed by atoms with Crippen LogP contribution in [-0.2, 0) is 0 Å². The molecule has 158 valence electrons. The lowest BCUT2D eigenvalue weighted by Gasteiger charge is -2.12. The molecule has 1 aromatic heterocycles. The molecule has 0 aliphatic heterocycles. The molecule has 0 amide bonds. The summed E-state index contributed by atoms with van der Waals surface area (Å²) in [7, 11) is 0. The molecule has 0 aliphatic rings. The summed E-state index contributed by atoms with van der Waals surface area (Å²) in [5.74, 6) is -0.497. The Morgan fingerprint density at radius 3 is 2.06 bits per heavy atom. The van der Waals surface area contributed by atoms with E-state index in [1.165, 1.54) is 5.39 Å². The summed E-state index contributed by atoms with van der Waals surface area (Å²) in [6, 6.07) is 22.5. The highest BCUT2D eigenvalue weighted by molar-refractivity contribution is 5.99. The smallest absolute Gasteiger partial charge is 0.217 e. The first-order valence-electron chi connectivity index (χ1n) is 10.2. The lowest BCUT2D eigenvalue weighted by atomic mass is 10.0. The van der Waals surface area contributed by atoms with Gasteiger partial charge >= 0.3 is 0 Å². The largest absolute Gasteiger partial charge is 0.508 e. The Hall–Kier alpha value is -4.32. The van der Waals surface area contributed by atoms with Gasteiger partial charge in [-0.1, -0.05) is 36.4 Å². The second-order valence-corrected chi connectivity index (χ2v) is 7.47. The van der Waals surface area contributed by atoms with E-state index in [-0.39, 0.29) is 28.6 Å². The van der Waals surface area contributed by atoms with Crippen molar-refractivity contribution < 1.29 is 20.1 Å². The van der Waals surface area contributed by atoms with Gasteiger partial charge in [-0.05, 0) is 46.7 Å². The van der Waals surface area contributed by atoms with Crippen molar-refractivity contribution in [2.24, 2.45) is 0 Å². The Morgan fingerprint density at radius 2 is 1.38 bits per heavy atom. The van der Waals surface area contributed by atoms with E-state index in [1.807, 2.05) is 37.3 Å². The lowest BCUT2D eigenvalue weighted by Crippen LogP contribution is -2.00. The number of benzene rings is 4. The van der Waals surface area contributed by atoms with Crippen molar-refractivity contribution in [1.82, 2.24) is 9.97 Å². The van der Waals surface area contributed by atoms with Crippen LogP contribution < -0.4 is 4.74 Å². The zero-order valence-electron chi connectivity index (χ0n) is 17.3. The molecule has 4 aromatic carbocycles. The third-order valence-electron chi connectivity index (χ3n) is 5.30. The summed E-state index contributed by atoms with van der Waals surface area (Å²) in [6.07, 6.45) is 0. The molecule has 0 unspecified atom stereocenters. The molecule has 32 heavy (non-hydrogen) atoms. The van der Waals surface area contributed by atoms with Crippen LogP contribution in [0.3, 0.4) is 0 Å². The summed E-state index contributed by atoms with van der Waals surface area (Å²) < 4.78 is 5.62. The zero-order valence-corrected chi connectivity index (χ0v) is 17.3. The fraction of sp³-hybridized carbons (Fsp3) is 0.0769. The van der Waals surface area contributed by atoms with E-state index in [1.54, 1.807) is 6.07 Å². The van der Waals surface area contributed by atoms with Crippen molar-refractivity contribution in [3.05, 3.63) is 72.8 Å². The van der Waals surface area contributed by atoms with E-state index in [0.717, 1.165) is 33.9 Å². The van der Waals surface area contributed by atoms with E-state index in [0.29, 0.717) is 18.2 Å². The molecule has 0 aliphatic carbocycles. The van der Waals surface area contributed by atoms with Crippen molar-refractivity contribution in [2.45, 2.75) is 6.92 Å². The van der Waals surface area contributed by atoms with Crippen LogP contribution in [0.15, 0.2) is 72.8 Å². The Morgan fingerprint density at radius 1 is 0.719 bits per heavy atom. The van der Waals surface area contributed by atoms with E-state index in [9.17, 15) is 15.3 Å². The van der Waals surface area contributed by atoms with Crippen LogP contribution in [0.5, 0.6) is 23.1 Å². The van der Waals surface area contributed by atoms with Gasteiger partial charge in [0.15, 0.2) is 5.82 Å². The van der Waals surface area contributed by atoms with Gasteiger partial charge in [0.05, 0.1) is 12.3 Å². The molecular weight excluding hydrogens is 404 g/mol. The monoisotopic (exact) mass is 424 g/mol. The molecule has 5 rings (SSSR count). The maximum absolute atomic E-state index is 10.3. The molecule has 0 atom stereocenters. The van der Waals surface area contributed by atoms with E-state index in [2.05, 4.69) is 34.2 Å². The van der Waals surface area contributed by atoms with Crippen molar-refractivity contribution in [2.75, 3.05) is 6.61 Å². The van der Waals surface area contributed by atoms with E-state index in [4.69, 9.17) is 4.74 Å². The molecule has 1 heterocycles. The predicted molar refractivity (Wildman–Crippen MR) is 124 cm³/mol. The quantitative estimate of drug-likeness (QED) is 0.324. The summed E-state index contributed by atoms with van der Waals surface area (Å²) in [4.78, 5) is 8.92. The van der Waals surface area contributed by atoms with Gasteiger partial charge in [-0.2, -0.15) is 4.98 Å². The number of rotatable bonds is 4. The summed E-state index contributed by atoms with van der Waals surface area (Å²) in [6.45, 7) is 2.24. The number of phenolic OH excluding ortho intramolecular Hbond substituents is 3. The average molecular weight is 424 g/mol. The van der Waals surface area contributed by atoms with Crippen LogP contribution in [0.4, 0.5) is 0 Å². The minimum atomic E-state index is -0.327. The van der Waals surface area contributed by atoms with Crippen LogP contribution in [0, 0.1) is 0 Å². The molecule has 0 fully saturated rings. The second kappa shape index (κ2) is 7.74. The van der Waals surface area contributed by atoms with Crippen molar-refractivity contribution in [3.63, 3.8) is 0 Å². The molecule has 0 radical (unpaired) electrons. The molecule has 0 spiro atoms. The molecule has 5 aromatic rings. The first-order valence-corrected chi connectivity index (χ1v) is 10.2. The Labute approximate surface area is 184 Å². The van der Waals surface area contributed by atoms with Crippen LogP contribution in [-0.4, -0.2) is 31.9 Å². The van der Waals surface area contributed by atoms with Gasteiger partial charge in [-0.25, -0.2) is 4.98 Å². The van der Waals surface area contributed by atoms with Gasteiger partial charge in [0.2, 0.25) is 5.88 Å². The molecular formula is C26H20N2O4. The second-order valence-electron chi connectivity index (χ2n) is 7.47. The van der Waals surface area contributed by atoms with Crippen LogP contribution in [0.2, 0.25) is 0 Å². The number of ether oxygens (including phenoxy) is 1. The number of phenols is 3. The molecule has 0 bridgehead atoms. The van der Waals surface area contributed by atoms with Crippen molar-refractivity contribution in [3.8, 4) is 45.8 Å². The van der Waals surface area contributed by atoms with Gasteiger partial charge in [0, 0.05) is 23.8 Å². The van der Waals surface area contributed by atoms with Gasteiger partial charge in [0.25, 0.3) is 0 Å². The Bertz CT molecular complexity index is 1460. The highest BCUT2D eigenvalue weighted by Gasteiger charge is 2.18. The third-order valence-corrected chi connectivity index (χ3v) is 5.30. The number of fused-ring (bicyclic) bond motifs is 2. The standard InChI is InChI=1S/C26H20N2O4/c1-2-32-24-14-21(27-26(28-24)25-22(30)12-20(29)13-23(25)31)18-8-7-17-9-15-5-3-4-6-16(15)10-19(17)11-18/h3-14,29-31H,2H2,1H3. The van der Waals surface area contributed by atoms with Crippen LogP contribution in [0.25, 0.3) is 44.2 Å². The average Bonchev–Trinajstić information content (AvgIpc) is 2.76. The number of hydrogen-bond donors (Lipinski definition) is 3. The zero-order chi connectivity index (χ0) is 22.2. The highest BCUT2D eigenvalue weighted by Crippen LogP contribution is 2.40. The van der Waals surface area contributed by atoms with Crippen molar-refractivity contribution >= 4 is 21.5 Å². The number of aromatic hydroxyl groups is 3. The Balaban J connectivity index is 1.69. The highest BCUT2D eigenvalue weighted by atomic mass is 16.5. The third kappa shape index (κ3) is 3.52. The predicted octanol–water partition coefficient (Wildman–Crippen LogP) is 5.63. The fourth-order valence-corrected chi connectivity index (χ4v) is 3.83. The maximum Gasteiger partial charge on any atom is 0.217 e. The molecule has 0 saturated heterocycles. The van der Waals surface area contributed by atoms with E-state index >= 15 is 0 Å². The number of nitrogens with zero attached hydrogens (tertiary/aromatic N) is 2. The summed E-state index contributed by atoms with van der Waals surface area (Å²) in [5, 5.41) is 34.7. The normalized spacial score (nSPS) is 11.2. The van der Waals surface area contributed by atoms with Crippen LogP contribution >= 0.6 is 0 Å². The maximum atomic E-state index is 10.3. The molecule has 6 heteroatoms. The first-order chi connectivity index (χ1) is 15.5. The molecule has 3 N–H and O–H groups in total. The van der Waals surface area contributed by atoms with Gasteiger partial charge in [-0.3, -0.25) is 0 Å². The fourth-order valence-electron chi connectivity index (χ4n) is 3.83. The number of aromatic nitrogens is 2. The molecule has 0 saturated carbocycles. The lowest BCUT2D eigenvalue weighted by molar-refractivity contribution is 0.326. The first kappa shape index (κ1) is 19.6. The summed E-state index contributed by atoms with van der Waals surface area (Å²) >= 11 is 0. The van der Waals surface area contributed by atoms with Crippen LogP contribution in [0.1, 0.15) is 6.92 Å². The minimum absolute atomic E-state index is 0.0254. The van der Waals surface area contributed by atoms with Gasteiger partial charge < -0.3 is 20.1 Å². The van der Waals surface area contributed by atoms with Gasteiger partial charge in [0.1, 0.15) is 22.8 Å². The topological polar surface area (TPSA) is 95.7 Å². The van der Waals surface area contributed by atoms with Crippen molar-refractivity contribution in [1.29, 1.82) is 0 Å². The summed E-state index contributed by atoms with van der Waals surface area (Å²) in [5.41, 5.74) is 1.45. The minimum Gasteiger partial charge on any atom is -0.508 e. The van der Waals surface area contributed by atoms with E-state index < -0.39 is 0 Å².